The van der Waals surface area contributed by atoms with Gasteiger partial charge in [-0.15, -0.1) is 10.2 Å². The highest BCUT2D eigenvalue weighted by Gasteiger charge is 2.07. The molecule has 0 fully saturated rings. The van der Waals surface area contributed by atoms with Crippen LogP contribution in [-0.2, 0) is 0 Å². The van der Waals surface area contributed by atoms with Gasteiger partial charge in [0.25, 0.3) is 0 Å². The molecular weight excluding hydrogens is 276 g/mol. The lowest BCUT2D eigenvalue weighted by molar-refractivity contribution is 0.558. The zero-order valence-corrected chi connectivity index (χ0v) is 13.0. The Morgan fingerprint density at radius 1 is 1.37 bits per heavy atom. The van der Waals surface area contributed by atoms with Gasteiger partial charge in [-0.25, -0.2) is 0 Å². The number of hydrogen-bond donors (Lipinski definition) is 1. The fraction of sp³-hybridized carbons (Fsp3) is 0.462. The van der Waals surface area contributed by atoms with Crippen LogP contribution in [0.1, 0.15) is 37.0 Å². The highest BCUT2D eigenvalue weighted by molar-refractivity contribution is 8.01. The molecule has 0 bridgehead atoms. The fourth-order valence-electron chi connectivity index (χ4n) is 1.59. The minimum atomic E-state index is 0.294. The first-order chi connectivity index (χ1) is 9.19. The van der Waals surface area contributed by atoms with E-state index in [1.54, 1.807) is 23.1 Å². The third-order valence-corrected chi connectivity index (χ3v) is 4.48. The van der Waals surface area contributed by atoms with Gasteiger partial charge in [0.2, 0.25) is 0 Å². The van der Waals surface area contributed by atoms with Gasteiger partial charge in [-0.3, -0.25) is 4.98 Å². The van der Waals surface area contributed by atoms with Gasteiger partial charge in [-0.1, -0.05) is 30.0 Å². The van der Waals surface area contributed by atoms with Crippen molar-refractivity contribution < 1.29 is 0 Å². The van der Waals surface area contributed by atoms with Gasteiger partial charge in [-0.05, 0) is 38.9 Å². The predicted octanol–water partition coefficient (Wildman–Crippen LogP) is 3.45. The van der Waals surface area contributed by atoms with Crippen LogP contribution in [-0.4, -0.2) is 21.7 Å². The van der Waals surface area contributed by atoms with Crippen LogP contribution in [0.5, 0.6) is 0 Å². The summed E-state index contributed by atoms with van der Waals surface area (Å²) in [5.41, 5.74) is 1.08. The van der Waals surface area contributed by atoms with Crippen LogP contribution in [0.4, 0.5) is 0 Å². The maximum Gasteiger partial charge on any atom is 0.179 e. The van der Waals surface area contributed by atoms with Crippen LogP contribution < -0.4 is 5.32 Å². The van der Waals surface area contributed by atoms with Crippen LogP contribution in [0, 0.1) is 6.92 Å². The van der Waals surface area contributed by atoms with Crippen molar-refractivity contribution in [1.82, 2.24) is 20.5 Å². The van der Waals surface area contributed by atoms with Crippen molar-refractivity contribution in [2.75, 3.05) is 6.54 Å². The summed E-state index contributed by atoms with van der Waals surface area (Å²) in [6, 6.07) is 4.46. The quantitative estimate of drug-likeness (QED) is 0.884. The van der Waals surface area contributed by atoms with E-state index in [0.29, 0.717) is 6.04 Å². The van der Waals surface area contributed by atoms with Crippen molar-refractivity contribution >= 4 is 23.1 Å². The van der Waals surface area contributed by atoms with Crippen molar-refractivity contribution in [1.29, 1.82) is 0 Å². The van der Waals surface area contributed by atoms with E-state index in [1.165, 1.54) is 0 Å². The first kappa shape index (κ1) is 14.4. The maximum atomic E-state index is 4.51. The van der Waals surface area contributed by atoms with Crippen LogP contribution in [0.25, 0.3) is 0 Å². The lowest BCUT2D eigenvalue weighted by atomic mass is 10.2. The topological polar surface area (TPSA) is 50.7 Å². The molecule has 1 atom stereocenters. The molecule has 0 aromatic carbocycles. The molecule has 1 unspecified atom stereocenters. The third kappa shape index (κ3) is 4.26. The Morgan fingerprint density at radius 3 is 2.79 bits per heavy atom. The van der Waals surface area contributed by atoms with Crippen molar-refractivity contribution in [2.45, 2.75) is 42.5 Å². The van der Waals surface area contributed by atoms with E-state index in [-0.39, 0.29) is 0 Å². The highest BCUT2D eigenvalue weighted by atomic mass is 32.2. The van der Waals surface area contributed by atoms with E-state index in [2.05, 4.69) is 46.5 Å². The normalized spacial score (nSPS) is 12.6. The van der Waals surface area contributed by atoms with Crippen molar-refractivity contribution in [3.63, 3.8) is 0 Å². The molecule has 102 valence electrons. The summed E-state index contributed by atoms with van der Waals surface area (Å²) in [6.07, 6.45) is 3.04. The van der Waals surface area contributed by atoms with E-state index in [0.717, 1.165) is 32.9 Å². The molecule has 6 heteroatoms. The standard InChI is InChI=1S/C13H18N4S2/c1-4-7-14-9(2)12-6-5-11(8-15-12)19-13-17-16-10(3)18-13/h5-6,8-9,14H,4,7H2,1-3H3. The number of aryl methyl sites for hydroxylation is 1. The second kappa shape index (κ2) is 6.98. The molecule has 2 aromatic heterocycles. The molecule has 2 rings (SSSR count). The van der Waals surface area contributed by atoms with Gasteiger partial charge in [-0.2, -0.15) is 0 Å². The zero-order valence-electron chi connectivity index (χ0n) is 11.4. The van der Waals surface area contributed by atoms with Crippen LogP contribution in [0.2, 0.25) is 0 Å². The molecule has 0 aliphatic heterocycles. The molecule has 1 N–H and O–H groups in total. The molecule has 0 saturated carbocycles. The number of nitrogens with zero attached hydrogens (tertiary/aromatic N) is 3. The Bertz CT molecular complexity index is 510. The monoisotopic (exact) mass is 294 g/mol. The lowest BCUT2D eigenvalue weighted by Crippen LogP contribution is -2.20. The summed E-state index contributed by atoms with van der Waals surface area (Å²) in [7, 11) is 0. The Balaban J connectivity index is 1.98. The molecule has 0 aliphatic rings. The van der Waals surface area contributed by atoms with Gasteiger partial charge >= 0.3 is 0 Å². The number of pyridine rings is 1. The third-order valence-electron chi connectivity index (χ3n) is 2.62. The first-order valence-electron chi connectivity index (χ1n) is 6.36. The minimum absolute atomic E-state index is 0.294. The Hall–Kier alpha value is -0.980. The Kier molecular flexibility index (Phi) is 5.30. The van der Waals surface area contributed by atoms with E-state index >= 15 is 0 Å². The average molecular weight is 294 g/mol. The van der Waals surface area contributed by atoms with Crippen molar-refractivity contribution in [3.8, 4) is 0 Å². The van der Waals surface area contributed by atoms with Gasteiger partial charge in [0.15, 0.2) is 4.34 Å². The molecule has 4 nitrogen and oxygen atoms in total. The summed E-state index contributed by atoms with van der Waals surface area (Å²) in [4.78, 5) is 5.61. The summed E-state index contributed by atoms with van der Waals surface area (Å²) >= 11 is 3.21. The van der Waals surface area contributed by atoms with Crippen molar-refractivity contribution in [3.05, 3.63) is 29.0 Å². The molecule has 0 radical (unpaired) electrons. The number of nitrogens with one attached hydrogen (secondary N) is 1. The highest BCUT2D eigenvalue weighted by Crippen LogP contribution is 2.29. The SMILES string of the molecule is CCCNC(C)c1ccc(Sc2nnc(C)s2)cn1. The number of rotatable bonds is 6. The summed E-state index contributed by atoms with van der Waals surface area (Å²) < 4.78 is 0.962. The van der Waals surface area contributed by atoms with Crippen LogP contribution in [0.3, 0.4) is 0 Å². The zero-order chi connectivity index (χ0) is 13.7. The number of aromatic nitrogens is 3. The summed E-state index contributed by atoms with van der Waals surface area (Å²) in [5, 5.41) is 12.5. The molecule has 0 aliphatic carbocycles. The maximum absolute atomic E-state index is 4.51. The molecule has 0 saturated heterocycles. The summed E-state index contributed by atoms with van der Waals surface area (Å²) in [5.74, 6) is 0. The van der Waals surface area contributed by atoms with E-state index in [9.17, 15) is 0 Å². The van der Waals surface area contributed by atoms with Gasteiger partial charge in [0.05, 0.1) is 5.69 Å². The molecule has 19 heavy (non-hydrogen) atoms. The van der Waals surface area contributed by atoms with E-state index in [4.69, 9.17) is 0 Å². The lowest BCUT2D eigenvalue weighted by Gasteiger charge is -2.12. The van der Waals surface area contributed by atoms with Gasteiger partial charge < -0.3 is 5.32 Å². The second-order valence-corrected chi connectivity index (χ2v) is 6.79. The van der Waals surface area contributed by atoms with Crippen molar-refractivity contribution in [2.24, 2.45) is 0 Å². The predicted molar refractivity (Wildman–Crippen MR) is 79.7 cm³/mol. The van der Waals surface area contributed by atoms with Crippen LogP contribution in [0.15, 0.2) is 27.6 Å². The number of hydrogen-bond acceptors (Lipinski definition) is 6. The van der Waals surface area contributed by atoms with Crippen LogP contribution >= 0.6 is 23.1 Å². The first-order valence-corrected chi connectivity index (χ1v) is 7.99. The van der Waals surface area contributed by atoms with E-state index in [1.807, 2.05) is 13.1 Å². The second-order valence-electron chi connectivity index (χ2n) is 4.28. The molecule has 0 amide bonds. The summed E-state index contributed by atoms with van der Waals surface area (Å²) in [6.45, 7) is 7.28. The van der Waals surface area contributed by atoms with E-state index < -0.39 is 0 Å². The van der Waals surface area contributed by atoms with Gasteiger partial charge in [0.1, 0.15) is 5.01 Å². The minimum Gasteiger partial charge on any atom is -0.309 e. The molecule has 0 spiro atoms. The smallest absolute Gasteiger partial charge is 0.179 e. The Morgan fingerprint density at radius 2 is 2.21 bits per heavy atom. The fourth-order valence-corrected chi connectivity index (χ4v) is 3.35. The molecule has 2 aromatic rings. The molecular formula is C13H18N4S2. The van der Waals surface area contributed by atoms with Gasteiger partial charge in [0, 0.05) is 17.1 Å². The largest absolute Gasteiger partial charge is 0.309 e. The average Bonchev–Trinajstić information content (AvgIpc) is 2.82. The Labute approximate surface area is 122 Å². The molecule has 2 heterocycles.